The van der Waals surface area contributed by atoms with Gasteiger partial charge >= 0.3 is 0 Å². The average Bonchev–Trinajstić information content (AvgIpc) is 2.86. The van der Waals surface area contributed by atoms with E-state index >= 15 is 0 Å². The SMILES string of the molecule is CNC(=O)[C@@H](Cc1ccccc1)N(Cc1ccccc1Cl)C(=O)CN(c1ccc(C)c(C)c1)S(C)(=O)=O. The second-order valence-corrected chi connectivity index (χ2v) is 11.3. The van der Waals surface area contributed by atoms with Crippen LogP contribution in [0.5, 0.6) is 0 Å². The van der Waals surface area contributed by atoms with Crippen LogP contribution in [0.2, 0.25) is 5.02 Å². The second kappa shape index (κ2) is 12.3. The molecule has 37 heavy (non-hydrogen) atoms. The van der Waals surface area contributed by atoms with Crippen molar-refractivity contribution >= 4 is 39.1 Å². The van der Waals surface area contributed by atoms with Crippen LogP contribution in [-0.4, -0.2) is 51.0 Å². The normalized spacial score (nSPS) is 12.0. The molecule has 0 heterocycles. The van der Waals surface area contributed by atoms with E-state index in [4.69, 9.17) is 11.6 Å². The topological polar surface area (TPSA) is 86.8 Å². The first-order valence-electron chi connectivity index (χ1n) is 11.8. The summed E-state index contributed by atoms with van der Waals surface area (Å²) in [6.07, 6.45) is 1.31. The van der Waals surface area contributed by atoms with Gasteiger partial charge in [0.05, 0.1) is 11.9 Å². The van der Waals surface area contributed by atoms with Crippen molar-refractivity contribution in [1.29, 1.82) is 0 Å². The van der Waals surface area contributed by atoms with Gasteiger partial charge in [0.25, 0.3) is 0 Å². The maximum absolute atomic E-state index is 13.9. The summed E-state index contributed by atoms with van der Waals surface area (Å²) in [5.41, 5.74) is 3.81. The van der Waals surface area contributed by atoms with Crippen LogP contribution in [0.15, 0.2) is 72.8 Å². The standard InChI is InChI=1S/C28H32ClN3O4S/c1-20-14-15-24(16-21(20)2)32(37(4,35)36)19-27(33)31(18-23-12-8-9-13-25(23)29)26(28(34)30-3)17-22-10-6-5-7-11-22/h5-16,26H,17-19H2,1-4H3,(H,30,34)/t26-/m1/s1. The minimum Gasteiger partial charge on any atom is -0.357 e. The fourth-order valence-electron chi connectivity index (χ4n) is 4.03. The van der Waals surface area contributed by atoms with Crippen molar-refractivity contribution in [1.82, 2.24) is 10.2 Å². The first kappa shape index (κ1) is 28.2. The highest BCUT2D eigenvalue weighted by atomic mass is 35.5. The van der Waals surface area contributed by atoms with Crippen molar-refractivity contribution in [3.05, 3.63) is 100 Å². The molecule has 0 saturated carbocycles. The Morgan fingerprint density at radius 3 is 2.19 bits per heavy atom. The minimum atomic E-state index is -3.81. The van der Waals surface area contributed by atoms with E-state index in [1.54, 1.807) is 36.4 Å². The molecule has 0 bridgehead atoms. The van der Waals surface area contributed by atoms with E-state index in [1.165, 1.54) is 11.9 Å². The number of carbonyl (C=O) groups is 2. The van der Waals surface area contributed by atoms with Gasteiger partial charge in [-0.15, -0.1) is 0 Å². The number of halogens is 1. The molecular formula is C28H32ClN3O4S. The number of hydrogen-bond acceptors (Lipinski definition) is 4. The fourth-order valence-corrected chi connectivity index (χ4v) is 5.06. The van der Waals surface area contributed by atoms with E-state index in [2.05, 4.69) is 5.32 Å². The molecule has 3 aromatic carbocycles. The van der Waals surface area contributed by atoms with Crippen LogP contribution in [0.3, 0.4) is 0 Å². The van der Waals surface area contributed by atoms with Crippen molar-refractivity contribution in [3.63, 3.8) is 0 Å². The first-order chi connectivity index (χ1) is 17.5. The number of hydrogen-bond donors (Lipinski definition) is 1. The number of anilines is 1. The van der Waals surface area contributed by atoms with E-state index in [9.17, 15) is 18.0 Å². The van der Waals surface area contributed by atoms with Gasteiger partial charge in [-0.05, 0) is 54.3 Å². The van der Waals surface area contributed by atoms with Crippen LogP contribution in [0.4, 0.5) is 5.69 Å². The number of sulfonamides is 1. The molecule has 0 aliphatic rings. The summed E-state index contributed by atoms with van der Waals surface area (Å²) >= 11 is 6.41. The Morgan fingerprint density at radius 2 is 1.59 bits per heavy atom. The molecule has 9 heteroatoms. The van der Waals surface area contributed by atoms with Crippen LogP contribution >= 0.6 is 11.6 Å². The monoisotopic (exact) mass is 541 g/mol. The lowest BCUT2D eigenvalue weighted by Crippen LogP contribution is -2.52. The van der Waals surface area contributed by atoms with Gasteiger partial charge in [-0.25, -0.2) is 8.42 Å². The third-order valence-electron chi connectivity index (χ3n) is 6.27. The molecule has 0 fully saturated rings. The molecule has 1 N–H and O–H groups in total. The molecule has 0 spiro atoms. The molecule has 2 amide bonds. The zero-order valence-electron chi connectivity index (χ0n) is 21.4. The van der Waals surface area contributed by atoms with Gasteiger partial charge in [0.15, 0.2) is 0 Å². The highest BCUT2D eigenvalue weighted by Crippen LogP contribution is 2.24. The quantitative estimate of drug-likeness (QED) is 0.418. The second-order valence-electron chi connectivity index (χ2n) is 8.97. The maximum atomic E-state index is 13.9. The Balaban J connectivity index is 2.05. The summed E-state index contributed by atoms with van der Waals surface area (Å²) < 4.78 is 26.7. The summed E-state index contributed by atoms with van der Waals surface area (Å²) in [4.78, 5) is 28.4. The molecule has 3 rings (SSSR count). The molecule has 0 saturated heterocycles. The molecular weight excluding hydrogens is 510 g/mol. The lowest BCUT2D eigenvalue weighted by Gasteiger charge is -2.33. The predicted molar refractivity (Wildman–Crippen MR) is 148 cm³/mol. The number of aryl methyl sites for hydroxylation is 2. The largest absolute Gasteiger partial charge is 0.357 e. The number of amides is 2. The molecule has 0 aliphatic carbocycles. The maximum Gasteiger partial charge on any atom is 0.244 e. The Kier molecular flexibility index (Phi) is 9.34. The van der Waals surface area contributed by atoms with Crippen LogP contribution < -0.4 is 9.62 Å². The molecule has 7 nitrogen and oxygen atoms in total. The summed E-state index contributed by atoms with van der Waals surface area (Å²) in [5.74, 6) is -0.880. The van der Waals surface area contributed by atoms with Gasteiger partial charge < -0.3 is 10.2 Å². The van der Waals surface area contributed by atoms with Crippen molar-refractivity contribution in [2.24, 2.45) is 0 Å². The Bertz CT molecular complexity index is 1360. The number of nitrogens with zero attached hydrogens (tertiary/aromatic N) is 2. The third kappa shape index (κ3) is 7.33. The van der Waals surface area contributed by atoms with E-state index in [1.807, 2.05) is 50.2 Å². The van der Waals surface area contributed by atoms with Crippen molar-refractivity contribution in [3.8, 4) is 0 Å². The molecule has 3 aromatic rings. The highest BCUT2D eigenvalue weighted by Gasteiger charge is 2.33. The molecule has 0 aliphatic heterocycles. The highest BCUT2D eigenvalue weighted by molar-refractivity contribution is 7.92. The Labute approximate surface area is 224 Å². The predicted octanol–water partition coefficient (Wildman–Crippen LogP) is 4.11. The number of carbonyl (C=O) groups excluding carboxylic acids is 2. The zero-order valence-corrected chi connectivity index (χ0v) is 23.0. The van der Waals surface area contributed by atoms with Gasteiger partial charge in [-0.3, -0.25) is 13.9 Å². The summed E-state index contributed by atoms with van der Waals surface area (Å²) in [6.45, 7) is 3.38. The minimum absolute atomic E-state index is 0.0357. The van der Waals surface area contributed by atoms with Gasteiger partial charge in [0.2, 0.25) is 21.8 Å². The van der Waals surface area contributed by atoms with Crippen LogP contribution in [0, 0.1) is 13.8 Å². The third-order valence-corrected chi connectivity index (χ3v) is 7.78. The van der Waals surface area contributed by atoms with Crippen LogP contribution in [-0.2, 0) is 32.6 Å². The number of benzene rings is 3. The van der Waals surface area contributed by atoms with Gasteiger partial charge in [-0.1, -0.05) is 66.2 Å². The number of likely N-dealkylation sites (N-methyl/N-ethyl adjacent to an activating group) is 1. The molecule has 0 aromatic heterocycles. The van der Waals surface area contributed by atoms with Crippen molar-refractivity contribution in [2.75, 3.05) is 24.2 Å². The van der Waals surface area contributed by atoms with E-state index in [-0.39, 0.29) is 18.9 Å². The van der Waals surface area contributed by atoms with Crippen LogP contribution in [0.1, 0.15) is 22.3 Å². The Morgan fingerprint density at radius 1 is 0.946 bits per heavy atom. The van der Waals surface area contributed by atoms with Crippen molar-refractivity contribution in [2.45, 2.75) is 32.9 Å². The van der Waals surface area contributed by atoms with Gasteiger partial charge in [0.1, 0.15) is 12.6 Å². The molecule has 1 atom stereocenters. The molecule has 0 radical (unpaired) electrons. The fraction of sp³-hybridized carbons (Fsp3) is 0.286. The van der Waals surface area contributed by atoms with Gasteiger partial charge in [0, 0.05) is 25.0 Å². The summed E-state index contributed by atoms with van der Waals surface area (Å²) in [6, 6.07) is 20.8. The number of nitrogens with one attached hydrogen (secondary N) is 1. The van der Waals surface area contributed by atoms with E-state index in [0.29, 0.717) is 16.3 Å². The average molecular weight is 542 g/mol. The smallest absolute Gasteiger partial charge is 0.244 e. The Hall–Kier alpha value is -3.36. The van der Waals surface area contributed by atoms with E-state index in [0.717, 1.165) is 27.3 Å². The first-order valence-corrected chi connectivity index (χ1v) is 14.1. The van der Waals surface area contributed by atoms with E-state index < -0.39 is 28.5 Å². The number of rotatable bonds is 10. The zero-order chi connectivity index (χ0) is 27.2. The summed E-state index contributed by atoms with van der Waals surface area (Å²) in [5, 5.41) is 3.10. The lowest BCUT2D eigenvalue weighted by atomic mass is 10.0. The lowest BCUT2D eigenvalue weighted by molar-refractivity contribution is -0.139. The molecule has 0 unspecified atom stereocenters. The molecule has 196 valence electrons. The van der Waals surface area contributed by atoms with Gasteiger partial charge in [-0.2, -0.15) is 0 Å². The van der Waals surface area contributed by atoms with Crippen molar-refractivity contribution < 1.29 is 18.0 Å². The summed E-state index contributed by atoms with van der Waals surface area (Å²) in [7, 11) is -2.30. The van der Waals surface area contributed by atoms with Crippen LogP contribution in [0.25, 0.3) is 0 Å².